The van der Waals surface area contributed by atoms with Gasteiger partial charge in [0, 0.05) is 35.6 Å². The molecule has 0 saturated carbocycles. The number of carbonyl (C=O) groups excluding carboxylic acids is 3. The van der Waals surface area contributed by atoms with Crippen LogP contribution >= 0.6 is 0 Å². The second-order valence-corrected chi connectivity index (χ2v) is 5.63. The summed E-state index contributed by atoms with van der Waals surface area (Å²) in [6.45, 7) is 3.26. The summed E-state index contributed by atoms with van der Waals surface area (Å²) < 4.78 is 0. The van der Waals surface area contributed by atoms with Crippen molar-refractivity contribution in [1.29, 1.82) is 0 Å². The van der Waals surface area contributed by atoms with Crippen molar-refractivity contribution in [3.05, 3.63) is 81.4 Å². The van der Waals surface area contributed by atoms with Gasteiger partial charge in [-0.15, -0.1) is 0 Å². The largest absolute Gasteiger partial charge is 0.325 e. The Labute approximate surface area is 163 Å². The van der Waals surface area contributed by atoms with Gasteiger partial charge < -0.3 is 10.6 Å². The molecule has 0 aliphatic heterocycles. The molecule has 29 heavy (non-hydrogen) atoms. The standard InChI is InChI=1S/C18H14N4O7/c1-2-15(23)16(17(24)19-11-3-7-13(8-4-11)21(26)27)18(25)20-12-5-9-14(10-6-12)22(28)29/h2-10,16H,1H2,(H,19,24)(H,20,25). The summed E-state index contributed by atoms with van der Waals surface area (Å²) in [6, 6.07) is 9.60. The van der Waals surface area contributed by atoms with Gasteiger partial charge in [0.05, 0.1) is 9.85 Å². The highest BCUT2D eigenvalue weighted by Crippen LogP contribution is 2.19. The van der Waals surface area contributed by atoms with Gasteiger partial charge in [0.1, 0.15) is 0 Å². The van der Waals surface area contributed by atoms with Crippen molar-refractivity contribution >= 4 is 40.3 Å². The smallest absolute Gasteiger partial charge is 0.269 e. The molecule has 2 N–H and O–H groups in total. The summed E-state index contributed by atoms with van der Waals surface area (Å²) >= 11 is 0. The molecule has 0 saturated heterocycles. The first-order chi connectivity index (χ1) is 13.7. The number of amides is 2. The predicted molar refractivity (Wildman–Crippen MR) is 102 cm³/mol. The zero-order valence-corrected chi connectivity index (χ0v) is 14.7. The van der Waals surface area contributed by atoms with E-state index < -0.39 is 33.4 Å². The number of nitro groups is 2. The number of ketones is 1. The van der Waals surface area contributed by atoms with E-state index in [-0.39, 0.29) is 22.7 Å². The molecule has 11 nitrogen and oxygen atoms in total. The third-order valence-corrected chi connectivity index (χ3v) is 3.70. The monoisotopic (exact) mass is 398 g/mol. The molecule has 2 rings (SSSR count). The molecule has 0 fully saturated rings. The van der Waals surface area contributed by atoms with E-state index >= 15 is 0 Å². The van der Waals surface area contributed by atoms with Crippen molar-refractivity contribution in [2.24, 2.45) is 5.92 Å². The van der Waals surface area contributed by atoms with Gasteiger partial charge in [-0.3, -0.25) is 34.6 Å². The lowest BCUT2D eigenvalue weighted by Gasteiger charge is -2.14. The van der Waals surface area contributed by atoms with E-state index in [2.05, 4.69) is 17.2 Å². The molecule has 0 atom stereocenters. The van der Waals surface area contributed by atoms with E-state index in [0.717, 1.165) is 30.3 Å². The first kappa shape index (κ1) is 20.9. The number of benzene rings is 2. The number of non-ortho nitro benzene ring substituents is 2. The van der Waals surface area contributed by atoms with Gasteiger partial charge in [0.25, 0.3) is 11.4 Å². The minimum absolute atomic E-state index is 0.144. The highest BCUT2D eigenvalue weighted by molar-refractivity contribution is 6.26. The van der Waals surface area contributed by atoms with Gasteiger partial charge in [0.2, 0.25) is 11.8 Å². The van der Waals surface area contributed by atoms with Crippen LogP contribution in [0.1, 0.15) is 0 Å². The number of nitrogens with zero attached hydrogens (tertiary/aromatic N) is 2. The topological polar surface area (TPSA) is 162 Å². The van der Waals surface area contributed by atoms with Gasteiger partial charge in [-0.2, -0.15) is 0 Å². The second kappa shape index (κ2) is 8.99. The van der Waals surface area contributed by atoms with Crippen LogP contribution in [0.2, 0.25) is 0 Å². The third-order valence-electron chi connectivity index (χ3n) is 3.70. The minimum Gasteiger partial charge on any atom is -0.325 e. The lowest BCUT2D eigenvalue weighted by Crippen LogP contribution is -2.38. The van der Waals surface area contributed by atoms with E-state index in [0.29, 0.717) is 0 Å². The lowest BCUT2D eigenvalue weighted by molar-refractivity contribution is -0.385. The van der Waals surface area contributed by atoms with Crippen LogP contribution in [0, 0.1) is 26.1 Å². The molecule has 0 radical (unpaired) electrons. The zero-order valence-electron chi connectivity index (χ0n) is 14.7. The first-order valence-electron chi connectivity index (χ1n) is 8.00. The molecule has 0 aromatic heterocycles. The zero-order chi connectivity index (χ0) is 21.6. The van der Waals surface area contributed by atoms with Gasteiger partial charge in [-0.25, -0.2) is 0 Å². The Morgan fingerprint density at radius 3 is 1.41 bits per heavy atom. The average molecular weight is 398 g/mol. The molecule has 0 unspecified atom stereocenters. The average Bonchev–Trinajstić information content (AvgIpc) is 2.68. The van der Waals surface area contributed by atoms with Crippen LogP contribution in [-0.2, 0) is 14.4 Å². The van der Waals surface area contributed by atoms with Gasteiger partial charge in [-0.1, -0.05) is 6.58 Å². The fourth-order valence-electron chi connectivity index (χ4n) is 2.26. The van der Waals surface area contributed by atoms with Gasteiger partial charge in [-0.05, 0) is 30.3 Å². The maximum Gasteiger partial charge on any atom is 0.269 e. The van der Waals surface area contributed by atoms with E-state index in [9.17, 15) is 34.6 Å². The molecule has 0 spiro atoms. The summed E-state index contributed by atoms with van der Waals surface area (Å²) in [5.74, 6) is -4.59. The minimum atomic E-state index is -1.78. The number of anilines is 2. The summed E-state index contributed by atoms with van der Waals surface area (Å²) in [5, 5.41) is 26.0. The van der Waals surface area contributed by atoms with Crippen molar-refractivity contribution in [1.82, 2.24) is 0 Å². The maximum absolute atomic E-state index is 12.4. The highest BCUT2D eigenvalue weighted by Gasteiger charge is 2.32. The van der Waals surface area contributed by atoms with E-state index in [1.807, 2.05) is 0 Å². The number of carbonyl (C=O) groups is 3. The predicted octanol–water partition coefficient (Wildman–Crippen LogP) is 2.45. The molecule has 0 aliphatic carbocycles. The number of hydrogen-bond donors (Lipinski definition) is 2. The molecule has 0 heterocycles. The van der Waals surface area contributed by atoms with Crippen molar-refractivity contribution in [3.8, 4) is 0 Å². The fourth-order valence-corrected chi connectivity index (χ4v) is 2.26. The van der Waals surface area contributed by atoms with Gasteiger partial charge >= 0.3 is 0 Å². The lowest BCUT2D eigenvalue weighted by atomic mass is 10.0. The van der Waals surface area contributed by atoms with Crippen LogP contribution in [0.15, 0.2) is 61.2 Å². The number of nitro benzene ring substituents is 2. The van der Waals surface area contributed by atoms with Gasteiger partial charge in [0.15, 0.2) is 11.7 Å². The van der Waals surface area contributed by atoms with E-state index in [1.54, 1.807) is 0 Å². The van der Waals surface area contributed by atoms with Crippen molar-refractivity contribution < 1.29 is 24.2 Å². The van der Waals surface area contributed by atoms with Crippen LogP contribution in [0.4, 0.5) is 22.7 Å². The molecule has 2 amide bonds. The highest BCUT2D eigenvalue weighted by atomic mass is 16.6. The fraction of sp³-hybridized carbons (Fsp3) is 0.0556. The molecule has 0 bridgehead atoms. The summed E-state index contributed by atoms with van der Waals surface area (Å²) in [4.78, 5) is 57.0. The third kappa shape index (κ3) is 5.29. The molecule has 2 aromatic carbocycles. The summed E-state index contributed by atoms with van der Waals surface area (Å²) in [5.41, 5.74) is -0.105. The van der Waals surface area contributed by atoms with Crippen LogP contribution in [0.3, 0.4) is 0 Å². The summed E-state index contributed by atoms with van der Waals surface area (Å²) in [6.07, 6.45) is 0.815. The Hall–Kier alpha value is -4.41. The SMILES string of the molecule is C=CC(=O)C(C(=O)Nc1ccc([N+](=O)[O-])cc1)C(=O)Nc1ccc([N+](=O)[O-])cc1. The Morgan fingerprint density at radius 1 is 0.793 bits per heavy atom. The molecule has 2 aromatic rings. The molecule has 148 valence electrons. The normalized spacial score (nSPS) is 10.1. The van der Waals surface area contributed by atoms with Crippen molar-refractivity contribution in [2.75, 3.05) is 10.6 Å². The van der Waals surface area contributed by atoms with E-state index in [4.69, 9.17) is 0 Å². The Bertz CT molecular complexity index is 913. The first-order valence-corrected chi connectivity index (χ1v) is 8.00. The molecule has 11 heteroatoms. The number of hydrogen-bond acceptors (Lipinski definition) is 7. The molecular weight excluding hydrogens is 384 g/mol. The Balaban J connectivity index is 2.16. The quantitative estimate of drug-likeness (QED) is 0.299. The second-order valence-electron chi connectivity index (χ2n) is 5.63. The van der Waals surface area contributed by atoms with Crippen LogP contribution in [0.5, 0.6) is 0 Å². The van der Waals surface area contributed by atoms with E-state index in [1.165, 1.54) is 24.3 Å². The van der Waals surface area contributed by atoms with Crippen LogP contribution in [-0.4, -0.2) is 27.4 Å². The van der Waals surface area contributed by atoms with Crippen molar-refractivity contribution in [3.63, 3.8) is 0 Å². The Kier molecular flexibility index (Phi) is 6.48. The Morgan fingerprint density at radius 2 is 1.14 bits per heavy atom. The number of nitrogens with one attached hydrogen (secondary N) is 2. The summed E-state index contributed by atoms with van der Waals surface area (Å²) in [7, 11) is 0. The molecule has 0 aliphatic rings. The number of allylic oxidation sites excluding steroid dienone is 1. The van der Waals surface area contributed by atoms with Crippen LogP contribution in [0.25, 0.3) is 0 Å². The van der Waals surface area contributed by atoms with Crippen LogP contribution < -0.4 is 10.6 Å². The number of rotatable bonds is 8. The maximum atomic E-state index is 12.4. The molecular formula is C18H14N4O7. The van der Waals surface area contributed by atoms with Crippen molar-refractivity contribution in [2.45, 2.75) is 0 Å².